The number of alkyl halides is 1. The summed E-state index contributed by atoms with van der Waals surface area (Å²) in [6.07, 6.45) is 6.61. The highest BCUT2D eigenvalue weighted by molar-refractivity contribution is 6.28. The molecule has 3 heterocycles. The number of fused-ring (bicyclic) bond motifs is 1. The van der Waals surface area contributed by atoms with Gasteiger partial charge in [0, 0.05) is 23.5 Å². The van der Waals surface area contributed by atoms with Gasteiger partial charge < -0.3 is 10.5 Å². The molecule has 1 aliphatic carbocycles. The normalized spacial score (nSPS) is 19.5. The fourth-order valence-electron chi connectivity index (χ4n) is 4.34. The SMILES string of the molecule is COc1ccc(-c2nn3ccccc3c2-c2ccnc(Cl)n2)cc1C1(F)C=CC=C(F)C1C(N)=O. The highest BCUT2D eigenvalue weighted by atomic mass is 35.5. The lowest BCUT2D eigenvalue weighted by atomic mass is 9.77. The van der Waals surface area contributed by atoms with E-state index in [2.05, 4.69) is 15.1 Å². The van der Waals surface area contributed by atoms with Gasteiger partial charge in [0.2, 0.25) is 11.2 Å². The molecule has 0 fully saturated rings. The molecule has 2 N–H and O–H groups in total. The molecule has 2 unspecified atom stereocenters. The Morgan fingerprint density at radius 2 is 2.09 bits per heavy atom. The number of nitrogens with two attached hydrogens (primary N) is 1. The maximum absolute atomic E-state index is 16.5. The Kier molecular flexibility index (Phi) is 5.56. The van der Waals surface area contributed by atoms with Crippen LogP contribution in [0, 0.1) is 5.92 Å². The zero-order valence-corrected chi connectivity index (χ0v) is 19.1. The third-order valence-corrected chi connectivity index (χ3v) is 6.06. The van der Waals surface area contributed by atoms with Crippen molar-refractivity contribution in [2.24, 2.45) is 11.7 Å². The van der Waals surface area contributed by atoms with Crippen LogP contribution in [0.25, 0.3) is 28.0 Å². The second kappa shape index (κ2) is 8.59. The van der Waals surface area contributed by atoms with Gasteiger partial charge in [-0.2, -0.15) is 5.10 Å². The zero-order chi connectivity index (χ0) is 24.7. The summed E-state index contributed by atoms with van der Waals surface area (Å²) in [5.41, 5.74) is 5.57. The summed E-state index contributed by atoms with van der Waals surface area (Å²) >= 11 is 6.05. The van der Waals surface area contributed by atoms with Gasteiger partial charge in [-0.25, -0.2) is 23.3 Å². The molecule has 4 aromatic rings. The zero-order valence-electron chi connectivity index (χ0n) is 18.3. The van der Waals surface area contributed by atoms with E-state index in [0.717, 1.165) is 17.7 Å². The Morgan fingerprint density at radius 3 is 2.83 bits per heavy atom. The number of carbonyl (C=O) groups excluding carboxylic acids is 1. The first-order valence-electron chi connectivity index (χ1n) is 10.5. The van der Waals surface area contributed by atoms with Crippen LogP contribution in [0.3, 0.4) is 0 Å². The van der Waals surface area contributed by atoms with Crippen LogP contribution in [0.5, 0.6) is 5.75 Å². The molecule has 1 aromatic carbocycles. The molecule has 0 spiro atoms. The number of hydrogen-bond acceptors (Lipinski definition) is 5. The number of nitrogens with zero attached hydrogens (tertiary/aromatic N) is 4. The summed E-state index contributed by atoms with van der Waals surface area (Å²) in [4.78, 5) is 20.4. The molecule has 1 aliphatic rings. The first kappa shape index (κ1) is 22.7. The number of halogens is 3. The Balaban J connectivity index is 1.77. The molecule has 176 valence electrons. The van der Waals surface area contributed by atoms with Crippen molar-refractivity contribution in [3.8, 4) is 28.3 Å². The molecular weight excluding hydrogens is 476 g/mol. The Hall–Kier alpha value is -4.11. The molecule has 2 atom stereocenters. The largest absolute Gasteiger partial charge is 0.496 e. The number of pyridine rings is 1. The molecule has 7 nitrogen and oxygen atoms in total. The van der Waals surface area contributed by atoms with Crippen molar-refractivity contribution < 1.29 is 18.3 Å². The van der Waals surface area contributed by atoms with Crippen LogP contribution in [0.1, 0.15) is 5.56 Å². The van der Waals surface area contributed by atoms with Gasteiger partial charge in [0.1, 0.15) is 23.2 Å². The number of methoxy groups -OCH3 is 1. The molecular formula is C25H18ClF2N5O2. The van der Waals surface area contributed by atoms with Gasteiger partial charge in [-0.1, -0.05) is 12.1 Å². The lowest BCUT2D eigenvalue weighted by Crippen LogP contribution is -2.40. The van der Waals surface area contributed by atoms with E-state index in [1.807, 2.05) is 18.2 Å². The van der Waals surface area contributed by atoms with Gasteiger partial charge in [-0.3, -0.25) is 4.79 Å². The standard InChI is InChI=1S/C25H18ClF2N5O2/c1-35-19-8-7-14(13-15(19)25(28)10-4-5-16(27)21(25)23(29)34)22-20(17-9-11-30-24(26)31-17)18-6-2-3-12-33(18)32-22/h2-13,21H,1H3,(H2,29,34). The third-order valence-electron chi connectivity index (χ3n) is 5.88. The smallest absolute Gasteiger partial charge is 0.231 e. The van der Waals surface area contributed by atoms with E-state index in [9.17, 15) is 9.18 Å². The average molecular weight is 494 g/mol. The summed E-state index contributed by atoms with van der Waals surface area (Å²) in [7, 11) is 1.36. The number of amides is 1. The highest BCUT2D eigenvalue weighted by Gasteiger charge is 2.48. The minimum atomic E-state index is -2.58. The summed E-state index contributed by atoms with van der Waals surface area (Å²) in [6.45, 7) is 0. The summed E-state index contributed by atoms with van der Waals surface area (Å²) in [5.74, 6) is -3.84. The van der Waals surface area contributed by atoms with Crippen molar-refractivity contribution in [2.45, 2.75) is 5.67 Å². The minimum absolute atomic E-state index is 0.0563. The molecule has 3 aromatic heterocycles. The van der Waals surface area contributed by atoms with E-state index in [1.165, 1.54) is 31.5 Å². The maximum Gasteiger partial charge on any atom is 0.231 e. The Bertz CT molecular complexity index is 1530. The van der Waals surface area contributed by atoms with Gasteiger partial charge in [-0.05, 0) is 60.2 Å². The van der Waals surface area contributed by atoms with Crippen LogP contribution < -0.4 is 10.5 Å². The molecule has 0 aliphatic heterocycles. The molecule has 35 heavy (non-hydrogen) atoms. The van der Waals surface area contributed by atoms with Gasteiger partial charge in [0.05, 0.1) is 23.9 Å². The quantitative estimate of drug-likeness (QED) is 0.402. The summed E-state index contributed by atoms with van der Waals surface area (Å²) in [5, 5.41) is 4.73. The van der Waals surface area contributed by atoms with Gasteiger partial charge in [0.25, 0.3) is 0 Å². The molecule has 0 bridgehead atoms. The van der Waals surface area contributed by atoms with Crippen LogP contribution in [-0.2, 0) is 10.5 Å². The fourth-order valence-corrected chi connectivity index (χ4v) is 4.49. The van der Waals surface area contributed by atoms with Gasteiger partial charge in [-0.15, -0.1) is 0 Å². The van der Waals surface area contributed by atoms with Crippen molar-refractivity contribution in [3.63, 3.8) is 0 Å². The second-order valence-electron chi connectivity index (χ2n) is 7.89. The fraction of sp³-hybridized carbons (Fsp3) is 0.120. The number of primary amides is 1. The number of ether oxygens (including phenoxy) is 1. The summed E-state index contributed by atoms with van der Waals surface area (Å²) < 4.78 is 38.1. The van der Waals surface area contributed by atoms with E-state index >= 15 is 4.39 Å². The maximum atomic E-state index is 16.5. The van der Waals surface area contributed by atoms with Crippen molar-refractivity contribution in [1.82, 2.24) is 19.6 Å². The van der Waals surface area contributed by atoms with Crippen LogP contribution in [0.4, 0.5) is 8.78 Å². The number of allylic oxidation sites excluding steroid dienone is 3. The molecule has 1 amide bonds. The number of aromatic nitrogens is 4. The lowest BCUT2D eigenvalue weighted by molar-refractivity contribution is -0.125. The average Bonchev–Trinajstić information content (AvgIpc) is 3.23. The van der Waals surface area contributed by atoms with Crippen LogP contribution >= 0.6 is 11.6 Å². The molecule has 5 rings (SSSR count). The molecule has 0 saturated heterocycles. The Labute approximate surface area is 203 Å². The first-order valence-corrected chi connectivity index (χ1v) is 10.9. The van der Waals surface area contributed by atoms with Crippen molar-refractivity contribution in [3.05, 3.63) is 89.8 Å². The van der Waals surface area contributed by atoms with Crippen molar-refractivity contribution >= 4 is 23.0 Å². The van der Waals surface area contributed by atoms with Crippen molar-refractivity contribution in [2.75, 3.05) is 7.11 Å². The van der Waals surface area contributed by atoms with E-state index in [1.54, 1.807) is 22.8 Å². The number of carbonyl (C=O) groups is 1. The van der Waals surface area contributed by atoms with Crippen molar-refractivity contribution in [1.29, 1.82) is 0 Å². The number of hydrogen-bond donors (Lipinski definition) is 1. The molecule has 0 saturated carbocycles. The van der Waals surface area contributed by atoms with Gasteiger partial charge in [0.15, 0.2) is 5.67 Å². The van der Waals surface area contributed by atoms with E-state index in [4.69, 9.17) is 22.1 Å². The van der Waals surface area contributed by atoms with E-state index in [0.29, 0.717) is 22.5 Å². The van der Waals surface area contributed by atoms with E-state index < -0.39 is 23.3 Å². The molecule has 0 radical (unpaired) electrons. The Morgan fingerprint density at radius 1 is 1.26 bits per heavy atom. The predicted octanol–water partition coefficient (Wildman–Crippen LogP) is 4.81. The van der Waals surface area contributed by atoms with Gasteiger partial charge >= 0.3 is 0 Å². The lowest BCUT2D eigenvalue weighted by Gasteiger charge is -2.32. The second-order valence-corrected chi connectivity index (χ2v) is 8.23. The topological polar surface area (TPSA) is 95.4 Å². The first-order chi connectivity index (χ1) is 16.8. The number of benzene rings is 1. The van der Waals surface area contributed by atoms with Crippen LogP contribution in [0.2, 0.25) is 5.28 Å². The van der Waals surface area contributed by atoms with Crippen LogP contribution in [-0.4, -0.2) is 32.6 Å². The predicted molar refractivity (Wildman–Crippen MR) is 127 cm³/mol. The minimum Gasteiger partial charge on any atom is -0.496 e. The third kappa shape index (κ3) is 3.74. The summed E-state index contributed by atoms with van der Waals surface area (Å²) in [6, 6.07) is 11.9. The monoisotopic (exact) mass is 493 g/mol. The highest BCUT2D eigenvalue weighted by Crippen LogP contribution is 2.47. The number of rotatable bonds is 5. The molecule has 10 heteroatoms. The van der Waals surface area contributed by atoms with Crippen LogP contribution in [0.15, 0.2) is 78.9 Å². The van der Waals surface area contributed by atoms with E-state index in [-0.39, 0.29) is 16.6 Å².